The van der Waals surface area contributed by atoms with Gasteiger partial charge in [0.1, 0.15) is 6.04 Å². The number of sulfonamides is 1. The molecule has 0 spiro atoms. The summed E-state index contributed by atoms with van der Waals surface area (Å²) in [6.07, 6.45) is 1.55. The third-order valence-electron chi connectivity index (χ3n) is 6.75. The lowest BCUT2D eigenvalue weighted by Gasteiger charge is -2.34. The molecule has 0 heterocycles. The van der Waals surface area contributed by atoms with E-state index in [1.807, 2.05) is 51.1 Å². The quantitative estimate of drug-likeness (QED) is 0.224. The molecule has 3 aromatic rings. The van der Waals surface area contributed by atoms with E-state index in [0.29, 0.717) is 26.3 Å². The van der Waals surface area contributed by atoms with Gasteiger partial charge < -0.3 is 10.2 Å². The second kappa shape index (κ2) is 14.8. The molecule has 0 radical (unpaired) electrons. The van der Waals surface area contributed by atoms with Crippen LogP contribution in [0.25, 0.3) is 0 Å². The zero-order chi connectivity index (χ0) is 31.9. The number of hydrogen-bond acceptors (Lipinski definition) is 4. The highest BCUT2D eigenvalue weighted by molar-refractivity contribution is 7.92. The summed E-state index contributed by atoms with van der Waals surface area (Å²) < 4.78 is 26.8. The Hall–Kier alpha value is -2.78. The molecule has 1 atom stereocenters. The molecule has 43 heavy (non-hydrogen) atoms. The molecule has 3 rings (SSSR count). The third-order valence-corrected chi connectivity index (χ3v) is 8.87. The van der Waals surface area contributed by atoms with Crippen LogP contribution in [0, 0.1) is 6.92 Å². The van der Waals surface area contributed by atoms with E-state index in [9.17, 15) is 18.0 Å². The lowest BCUT2D eigenvalue weighted by Crippen LogP contribution is -2.54. The van der Waals surface area contributed by atoms with Crippen LogP contribution in [0.4, 0.5) is 5.69 Å². The minimum Gasteiger partial charge on any atom is -0.350 e. The Morgan fingerprint density at radius 1 is 0.930 bits per heavy atom. The number of halogens is 3. The van der Waals surface area contributed by atoms with E-state index in [2.05, 4.69) is 5.32 Å². The first kappa shape index (κ1) is 34.7. The molecule has 0 saturated heterocycles. The van der Waals surface area contributed by atoms with Gasteiger partial charge in [0, 0.05) is 52.1 Å². The lowest BCUT2D eigenvalue weighted by molar-refractivity contribution is -0.142. The van der Waals surface area contributed by atoms with E-state index >= 15 is 0 Å². The van der Waals surface area contributed by atoms with Gasteiger partial charge in [-0.3, -0.25) is 13.9 Å². The van der Waals surface area contributed by atoms with Crippen LogP contribution in [0.1, 0.15) is 50.3 Å². The number of benzene rings is 3. The fraction of sp³-hybridized carbons (Fsp3) is 0.375. The fourth-order valence-electron chi connectivity index (χ4n) is 4.69. The van der Waals surface area contributed by atoms with Crippen LogP contribution in [-0.2, 0) is 32.6 Å². The number of carbonyl (C=O) groups is 2. The molecule has 0 aliphatic carbocycles. The van der Waals surface area contributed by atoms with E-state index in [1.54, 1.807) is 43.3 Å². The summed E-state index contributed by atoms with van der Waals surface area (Å²) in [5, 5.41) is 4.17. The Balaban J connectivity index is 1.97. The minimum atomic E-state index is -3.68. The van der Waals surface area contributed by atoms with E-state index in [4.69, 9.17) is 34.8 Å². The van der Waals surface area contributed by atoms with Crippen LogP contribution in [0.2, 0.25) is 15.1 Å². The summed E-state index contributed by atoms with van der Waals surface area (Å²) in [6.45, 7) is 7.46. The molecule has 2 amide bonds. The summed E-state index contributed by atoms with van der Waals surface area (Å²) in [5.74, 6) is -0.655. The second-order valence-corrected chi connectivity index (χ2v) is 14.7. The highest BCUT2D eigenvalue weighted by Crippen LogP contribution is 2.29. The van der Waals surface area contributed by atoms with E-state index in [0.717, 1.165) is 17.4 Å². The Morgan fingerprint density at radius 2 is 1.56 bits per heavy atom. The smallest absolute Gasteiger partial charge is 0.243 e. The zero-order valence-electron chi connectivity index (χ0n) is 25.0. The van der Waals surface area contributed by atoms with E-state index in [-0.39, 0.29) is 44.2 Å². The first-order valence-electron chi connectivity index (χ1n) is 13.9. The van der Waals surface area contributed by atoms with Crippen molar-refractivity contribution in [2.45, 2.75) is 65.1 Å². The molecule has 1 N–H and O–H groups in total. The van der Waals surface area contributed by atoms with Gasteiger partial charge in [0.2, 0.25) is 21.8 Å². The van der Waals surface area contributed by atoms with Gasteiger partial charge >= 0.3 is 0 Å². The summed E-state index contributed by atoms with van der Waals surface area (Å²) in [6, 6.07) is 18.7. The monoisotopic (exact) mass is 665 g/mol. The fourth-order valence-corrected chi connectivity index (χ4v) is 6.39. The minimum absolute atomic E-state index is 0.00437. The van der Waals surface area contributed by atoms with Gasteiger partial charge in [-0.1, -0.05) is 77.3 Å². The Bertz CT molecular complexity index is 1520. The molecule has 0 unspecified atom stereocenters. The first-order valence-corrected chi connectivity index (χ1v) is 16.9. The number of carbonyl (C=O) groups excluding carboxylic acids is 2. The van der Waals surface area contributed by atoms with Crippen molar-refractivity contribution in [3.63, 3.8) is 0 Å². The average Bonchev–Trinajstić information content (AvgIpc) is 2.90. The van der Waals surface area contributed by atoms with Crippen LogP contribution in [0.5, 0.6) is 0 Å². The van der Waals surface area contributed by atoms with Gasteiger partial charge in [0.15, 0.2) is 0 Å². The van der Waals surface area contributed by atoms with E-state index < -0.39 is 21.6 Å². The van der Waals surface area contributed by atoms with Crippen molar-refractivity contribution in [1.82, 2.24) is 10.2 Å². The van der Waals surface area contributed by atoms with Crippen molar-refractivity contribution < 1.29 is 18.0 Å². The zero-order valence-corrected chi connectivity index (χ0v) is 28.1. The number of aryl methyl sites for hydroxylation is 1. The molecule has 0 aliphatic heterocycles. The summed E-state index contributed by atoms with van der Waals surface area (Å²) in [4.78, 5) is 29.3. The highest BCUT2D eigenvalue weighted by Gasteiger charge is 2.33. The maximum atomic E-state index is 14.0. The summed E-state index contributed by atoms with van der Waals surface area (Å²) in [7, 11) is -3.68. The maximum Gasteiger partial charge on any atom is 0.243 e. The normalized spacial score (nSPS) is 12.5. The van der Waals surface area contributed by atoms with Crippen molar-refractivity contribution in [1.29, 1.82) is 0 Å². The van der Waals surface area contributed by atoms with Crippen LogP contribution in [0.15, 0.2) is 66.7 Å². The number of rotatable bonds is 12. The molecule has 232 valence electrons. The molecular formula is C32H38Cl3N3O4S. The number of hydrogen-bond donors (Lipinski definition) is 1. The van der Waals surface area contributed by atoms with Gasteiger partial charge in [-0.05, 0) is 69.5 Å². The van der Waals surface area contributed by atoms with Crippen LogP contribution in [-0.4, -0.2) is 49.5 Å². The van der Waals surface area contributed by atoms with Crippen molar-refractivity contribution in [2.24, 2.45) is 0 Å². The van der Waals surface area contributed by atoms with Crippen LogP contribution < -0.4 is 9.62 Å². The van der Waals surface area contributed by atoms with Crippen molar-refractivity contribution in [3.8, 4) is 0 Å². The van der Waals surface area contributed by atoms with Gasteiger partial charge in [-0.15, -0.1) is 0 Å². The Labute approximate surface area is 270 Å². The van der Waals surface area contributed by atoms with Gasteiger partial charge in [-0.25, -0.2) is 8.42 Å². The lowest BCUT2D eigenvalue weighted by atomic mass is 10.00. The highest BCUT2D eigenvalue weighted by atomic mass is 35.5. The Kier molecular flexibility index (Phi) is 11.9. The number of nitrogens with one attached hydrogen (secondary N) is 1. The SMILES string of the molecule is Cc1ccc(Cl)cc1N(CCCC(=O)N(Cc1c(Cl)cccc1Cl)[C@@H](Cc1ccccc1)C(=O)NC(C)(C)C)S(C)(=O)=O. The van der Waals surface area contributed by atoms with Crippen LogP contribution >= 0.6 is 34.8 Å². The van der Waals surface area contributed by atoms with Gasteiger partial charge in [-0.2, -0.15) is 0 Å². The van der Waals surface area contributed by atoms with Crippen molar-refractivity contribution in [2.75, 3.05) is 17.1 Å². The first-order chi connectivity index (χ1) is 20.1. The molecule has 0 aromatic heterocycles. The predicted molar refractivity (Wildman–Crippen MR) is 176 cm³/mol. The van der Waals surface area contributed by atoms with Crippen LogP contribution in [0.3, 0.4) is 0 Å². The molecule has 0 fully saturated rings. The predicted octanol–water partition coefficient (Wildman–Crippen LogP) is 7.06. The largest absolute Gasteiger partial charge is 0.350 e. The topological polar surface area (TPSA) is 86.8 Å². The second-order valence-electron chi connectivity index (χ2n) is 11.5. The summed E-state index contributed by atoms with van der Waals surface area (Å²) >= 11 is 19.2. The number of anilines is 1. The van der Waals surface area contributed by atoms with Crippen molar-refractivity contribution in [3.05, 3.63) is 98.5 Å². The molecule has 0 saturated carbocycles. The molecule has 11 heteroatoms. The van der Waals surface area contributed by atoms with Gasteiger partial charge in [0.05, 0.1) is 11.9 Å². The standard InChI is InChI=1S/C32H38Cl3N3O4S/c1-22-16-17-24(33)20-28(22)38(43(5,41)42)18-10-15-30(39)37(21-25-26(34)13-9-14-27(25)35)29(31(40)36-32(2,3)4)19-23-11-7-6-8-12-23/h6-9,11-14,16-17,20,29H,10,15,18-19,21H2,1-5H3,(H,36,40)/t29-/m0/s1. The van der Waals surface area contributed by atoms with Crippen molar-refractivity contribution >= 4 is 62.3 Å². The Morgan fingerprint density at radius 3 is 2.14 bits per heavy atom. The van der Waals surface area contributed by atoms with E-state index in [1.165, 1.54) is 9.21 Å². The average molecular weight is 667 g/mol. The molecule has 0 bridgehead atoms. The third kappa shape index (κ3) is 10.1. The molecule has 7 nitrogen and oxygen atoms in total. The molecular weight excluding hydrogens is 629 g/mol. The summed E-state index contributed by atoms with van der Waals surface area (Å²) in [5.41, 5.74) is 2.03. The number of amides is 2. The maximum absolute atomic E-state index is 14.0. The van der Waals surface area contributed by atoms with Gasteiger partial charge in [0.25, 0.3) is 0 Å². The molecule has 3 aromatic carbocycles. The molecule has 0 aliphatic rings. The number of nitrogens with zero attached hydrogens (tertiary/aromatic N) is 2.